The van der Waals surface area contributed by atoms with Gasteiger partial charge in [0.25, 0.3) is 0 Å². The highest BCUT2D eigenvalue weighted by molar-refractivity contribution is 14.1. The molecule has 1 unspecified atom stereocenters. The van der Waals surface area contributed by atoms with Crippen LogP contribution in [0.25, 0.3) is 0 Å². The summed E-state index contributed by atoms with van der Waals surface area (Å²) in [6, 6.07) is 0. The van der Waals surface area contributed by atoms with Crippen LogP contribution in [0.3, 0.4) is 0 Å². The third kappa shape index (κ3) is 1.66. The van der Waals surface area contributed by atoms with E-state index in [0.29, 0.717) is 0 Å². The molecule has 1 aliphatic rings. The van der Waals surface area contributed by atoms with Gasteiger partial charge < -0.3 is 0 Å². The molecular formula is C7H9I. The van der Waals surface area contributed by atoms with Gasteiger partial charge in [-0.25, -0.2) is 0 Å². The van der Waals surface area contributed by atoms with E-state index in [2.05, 4.69) is 34.4 Å². The summed E-state index contributed by atoms with van der Waals surface area (Å²) in [5.74, 6) is 7.05. The average molecular weight is 220 g/mol. The third-order valence-electron chi connectivity index (χ3n) is 1.38. The summed E-state index contributed by atoms with van der Waals surface area (Å²) in [7, 11) is 0. The van der Waals surface area contributed by atoms with E-state index in [1.54, 1.807) is 0 Å². The number of hydrogen-bond donors (Lipinski definition) is 0. The minimum atomic E-state index is 0.742. The van der Waals surface area contributed by atoms with Crippen molar-refractivity contribution in [3.8, 4) is 11.8 Å². The van der Waals surface area contributed by atoms with Crippen LogP contribution in [0.15, 0.2) is 0 Å². The lowest BCUT2D eigenvalue weighted by Gasteiger charge is -1.98. The normalized spacial score (nSPS) is 24.9. The summed E-state index contributed by atoms with van der Waals surface area (Å²) in [6.45, 7) is 0. The van der Waals surface area contributed by atoms with Crippen molar-refractivity contribution in [3.63, 3.8) is 0 Å². The third-order valence-corrected chi connectivity index (χ3v) is 2.00. The van der Waals surface area contributed by atoms with Gasteiger partial charge in [0.2, 0.25) is 0 Å². The molecule has 1 rings (SSSR count). The van der Waals surface area contributed by atoms with E-state index in [1.807, 2.05) is 0 Å². The van der Waals surface area contributed by atoms with E-state index >= 15 is 0 Å². The Kier molecular flexibility index (Phi) is 2.68. The molecule has 0 N–H and O–H groups in total. The van der Waals surface area contributed by atoms with Crippen LogP contribution in [-0.2, 0) is 0 Å². The van der Waals surface area contributed by atoms with Crippen molar-refractivity contribution in [1.82, 2.24) is 0 Å². The summed E-state index contributed by atoms with van der Waals surface area (Å²) in [4.78, 5) is 0. The van der Waals surface area contributed by atoms with Gasteiger partial charge in [-0.05, 0) is 12.8 Å². The molecule has 1 heteroatoms. The number of hydrogen-bond acceptors (Lipinski definition) is 0. The van der Waals surface area contributed by atoms with E-state index in [-0.39, 0.29) is 0 Å². The fraction of sp³-hybridized carbons (Fsp3) is 0.714. The molecule has 0 bridgehead atoms. The first-order chi connectivity index (χ1) is 3.93. The van der Waals surface area contributed by atoms with Gasteiger partial charge in [0.05, 0.1) is 0 Å². The second-order valence-corrected chi connectivity index (χ2v) is 3.11. The molecule has 0 aromatic carbocycles. The van der Waals surface area contributed by atoms with Gasteiger partial charge >= 0.3 is 0 Å². The maximum atomic E-state index is 3.20. The maximum absolute atomic E-state index is 3.20. The minimum Gasteiger partial charge on any atom is -0.103 e. The van der Waals surface area contributed by atoms with Crippen LogP contribution in [0.5, 0.6) is 0 Å². The van der Waals surface area contributed by atoms with Crippen molar-refractivity contribution in [2.45, 2.75) is 19.3 Å². The SMILES string of the molecule is ICCC1C#CCC1. The van der Waals surface area contributed by atoms with Gasteiger partial charge in [-0.15, -0.1) is 5.92 Å². The van der Waals surface area contributed by atoms with Crippen LogP contribution >= 0.6 is 22.6 Å². The minimum absolute atomic E-state index is 0.742. The van der Waals surface area contributed by atoms with Crippen LogP contribution in [0, 0.1) is 17.8 Å². The number of alkyl halides is 1. The molecule has 0 saturated carbocycles. The highest BCUT2D eigenvalue weighted by atomic mass is 127. The zero-order chi connectivity index (χ0) is 5.82. The lowest BCUT2D eigenvalue weighted by molar-refractivity contribution is 0.634. The molecule has 0 nitrogen and oxygen atoms in total. The first-order valence-corrected chi connectivity index (χ1v) is 4.50. The van der Waals surface area contributed by atoms with Crippen molar-refractivity contribution in [3.05, 3.63) is 0 Å². The topological polar surface area (TPSA) is 0 Å². The van der Waals surface area contributed by atoms with E-state index in [9.17, 15) is 0 Å². The number of halogens is 1. The molecule has 0 saturated heterocycles. The molecule has 0 heterocycles. The quantitative estimate of drug-likeness (QED) is 0.380. The van der Waals surface area contributed by atoms with E-state index in [0.717, 1.165) is 12.3 Å². The summed E-state index contributed by atoms with van der Waals surface area (Å²) in [6.07, 6.45) is 3.73. The van der Waals surface area contributed by atoms with Gasteiger partial charge in [0.15, 0.2) is 0 Å². The van der Waals surface area contributed by atoms with Crippen LogP contribution in [-0.4, -0.2) is 4.43 Å². The van der Waals surface area contributed by atoms with Crippen LogP contribution in [0.4, 0.5) is 0 Å². The fourth-order valence-corrected chi connectivity index (χ4v) is 1.64. The molecule has 0 amide bonds. The second-order valence-electron chi connectivity index (χ2n) is 2.03. The number of rotatable bonds is 2. The first kappa shape index (κ1) is 6.41. The van der Waals surface area contributed by atoms with E-state index in [4.69, 9.17) is 0 Å². The highest BCUT2D eigenvalue weighted by Crippen LogP contribution is 2.15. The molecule has 0 radical (unpaired) electrons. The largest absolute Gasteiger partial charge is 0.103 e. The molecule has 0 aromatic rings. The Bertz CT molecular complexity index is 118. The summed E-state index contributed by atoms with van der Waals surface area (Å²) in [5, 5.41) is 0. The predicted molar refractivity (Wildman–Crippen MR) is 44.0 cm³/mol. The molecule has 1 atom stereocenters. The molecule has 0 aliphatic heterocycles. The van der Waals surface area contributed by atoms with Crippen LogP contribution < -0.4 is 0 Å². The average Bonchev–Trinajstić information content (AvgIpc) is 2.19. The summed E-state index contributed by atoms with van der Waals surface area (Å²) >= 11 is 2.41. The van der Waals surface area contributed by atoms with Crippen molar-refractivity contribution < 1.29 is 0 Å². The maximum Gasteiger partial charge on any atom is 0.0219 e. The van der Waals surface area contributed by atoms with E-state index in [1.165, 1.54) is 17.3 Å². The Morgan fingerprint density at radius 2 is 2.50 bits per heavy atom. The molecule has 0 spiro atoms. The van der Waals surface area contributed by atoms with Crippen LogP contribution in [0.2, 0.25) is 0 Å². The smallest absolute Gasteiger partial charge is 0.0219 e. The zero-order valence-corrected chi connectivity index (χ0v) is 6.94. The Morgan fingerprint density at radius 1 is 1.62 bits per heavy atom. The van der Waals surface area contributed by atoms with Gasteiger partial charge in [0, 0.05) is 16.8 Å². The molecule has 1 aliphatic carbocycles. The molecule has 8 heavy (non-hydrogen) atoms. The van der Waals surface area contributed by atoms with Crippen molar-refractivity contribution >= 4 is 22.6 Å². The summed E-state index contributed by atoms with van der Waals surface area (Å²) in [5.41, 5.74) is 0. The summed E-state index contributed by atoms with van der Waals surface area (Å²) < 4.78 is 1.26. The molecule has 0 fully saturated rings. The Morgan fingerprint density at radius 3 is 3.00 bits per heavy atom. The lowest BCUT2D eigenvalue weighted by atomic mass is 10.1. The molecule has 0 aromatic heterocycles. The molecular weight excluding hydrogens is 211 g/mol. The zero-order valence-electron chi connectivity index (χ0n) is 4.78. The predicted octanol–water partition coefficient (Wildman–Crippen LogP) is 2.22. The van der Waals surface area contributed by atoms with Crippen molar-refractivity contribution in [2.24, 2.45) is 5.92 Å². The highest BCUT2D eigenvalue weighted by Gasteiger charge is 2.05. The van der Waals surface area contributed by atoms with Gasteiger partial charge in [-0.1, -0.05) is 28.5 Å². The van der Waals surface area contributed by atoms with E-state index < -0.39 is 0 Å². The Hall–Kier alpha value is 0.290. The lowest BCUT2D eigenvalue weighted by Crippen LogP contribution is -1.91. The second kappa shape index (κ2) is 3.34. The fourth-order valence-electron chi connectivity index (χ4n) is 0.883. The van der Waals surface area contributed by atoms with Crippen LogP contribution in [0.1, 0.15) is 19.3 Å². The first-order valence-electron chi connectivity index (χ1n) is 2.98. The van der Waals surface area contributed by atoms with Gasteiger partial charge in [-0.2, -0.15) is 0 Å². The monoisotopic (exact) mass is 220 g/mol. The van der Waals surface area contributed by atoms with Crippen molar-refractivity contribution in [1.29, 1.82) is 0 Å². The van der Waals surface area contributed by atoms with Crippen molar-refractivity contribution in [2.75, 3.05) is 4.43 Å². The van der Waals surface area contributed by atoms with Gasteiger partial charge in [-0.3, -0.25) is 0 Å². The molecule has 44 valence electrons. The Labute approximate surface area is 64.2 Å². The van der Waals surface area contributed by atoms with Gasteiger partial charge in [0.1, 0.15) is 0 Å². The standard InChI is InChI=1S/C7H9I/c8-6-5-7-3-1-2-4-7/h7H,1,3,5-6H2. The Balaban J connectivity index is 2.20.